The number of carbonyl (C=O) groups is 1. The monoisotopic (exact) mass is 212 g/mol. The molecule has 0 bridgehead atoms. The van der Waals surface area contributed by atoms with Crippen LogP contribution in [0.15, 0.2) is 12.2 Å². The maximum atomic E-state index is 11.0. The van der Waals surface area contributed by atoms with Gasteiger partial charge in [-0.15, -0.1) is 0 Å². The zero-order chi connectivity index (χ0) is 11.4. The number of hydrogen-bond acceptors (Lipinski definition) is 2. The quantitative estimate of drug-likeness (QED) is 0.329. The second-order valence-corrected chi connectivity index (χ2v) is 3.75. The van der Waals surface area contributed by atoms with Gasteiger partial charge in [-0.2, -0.15) is 0 Å². The van der Waals surface area contributed by atoms with Gasteiger partial charge in [0.1, 0.15) is 6.61 Å². The molecule has 0 radical (unpaired) electrons. The van der Waals surface area contributed by atoms with Crippen LogP contribution in [0.25, 0.3) is 0 Å². The van der Waals surface area contributed by atoms with Crippen LogP contribution in [0.5, 0.6) is 0 Å². The average molecular weight is 212 g/mol. The van der Waals surface area contributed by atoms with Crippen LogP contribution in [0.4, 0.5) is 0 Å². The Morgan fingerprint density at radius 3 is 2.53 bits per heavy atom. The predicted octanol–water partition coefficient (Wildman–Crippen LogP) is 3.86. The standard InChI is InChI=1S/C13H24O2/c1-3-5-6-7-8-9-10-12-15-13(14)11-4-2/h9-10H,3-8,11-12H2,1-2H3/b10-9+. The lowest BCUT2D eigenvalue weighted by atomic mass is 10.1. The van der Waals surface area contributed by atoms with Crippen molar-refractivity contribution < 1.29 is 9.53 Å². The first-order valence-corrected chi connectivity index (χ1v) is 6.11. The van der Waals surface area contributed by atoms with Gasteiger partial charge >= 0.3 is 5.97 Å². The van der Waals surface area contributed by atoms with E-state index in [0.717, 1.165) is 12.8 Å². The maximum absolute atomic E-state index is 11.0. The Balaban J connectivity index is 3.20. The summed E-state index contributed by atoms with van der Waals surface area (Å²) in [5, 5.41) is 0. The van der Waals surface area contributed by atoms with Crippen molar-refractivity contribution in [3.63, 3.8) is 0 Å². The molecule has 0 aromatic rings. The van der Waals surface area contributed by atoms with Gasteiger partial charge in [-0.1, -0.05) is 45.3 Å². The minimum absolute atomic E-state index is 0.0897. The zero-order valence-corrected chi connectivity index (χ0v) is 10.1. The van der Waals surface area contributed by atoms with Crippen LogP contribution in [0, 0.1) is 0 Å². The highest BCUT2D eigenvalue weighted by Crippen LogP contribution is 2.02. The fourth-order valence-corrected chi connectivity index (χ4v) is 1.29. The van der Waals surface area contributed by atoms with E-state index in [1.807, 2.05) is 13.0 Å². The van der Waals surface area contributed by atoms with Crippen molar-refractivity contribution in [1.82, 2.24) is 0 Å². The minimum atomic E-state index is -0.0897. The van der Waals surface area contributed by atoms with Gasteiger partial charge in [-0.05, 0) is 19.3 Å². The predicted molar refractivity (Wildman–Crippen MR) is 63.8 cm³/mol. The number of ether oxygens (including phenoxy) is 1. The van der Waals surface area contributed by atoms with Crippen molar-refractivity contribution in [1.29, 1.82) is 0 Å². The Kier molecular flexibility index (Phi) is 10.7. The van der Waals surface area contributed by atoms with Gasteiger partial charge in [0.05, 0.1) is 0 Å². The van der Waals surface area contributed by atoms with Crippen molar-refractivity contribution >= 4 is 5.97 Å². The van der Waals surface area contributed by atoms with Crippen molar-refractivity contribution in [3.05, 3.63) is 12.2 Å². The van der Waals surface area contributed by atoms with Gasteiger partial charge in [0.15, 0.2) is 0 Å². The van der Waals surface area contributed by atoms with Crippen LogP contribution in [0.2, 0.25) is 0 Å². The molecular formula is C13H24O2. The highest BCUT2D eigenvalue weighted by atomic mass is 16.5. The molecule has 0 spiro atoms. The van der Waals surface area contributed by atoms with Crippen LogP contribution >= 0.6 is 0 Å². The number of allylic oxidation sites excluding steroid dienone is 1. The second kappa shape index (κ2) is 11.3. The third kappa shape index (κ3) is 11.1. The summed E-state index contributed by atoms with van der Waals surface area (Å²) < 4.78 is 4.98. The van der Waals surface area contributed by atoms with Gasteiger partial charge in [0.2, 0.25) is 0 Å². The maximum Gasteiger partial charge on any atom is 0.306 e. The van der Waals surface area contributed by atoms with E-state index in [0.29, 0.717) is 13.0 Å². The first-order valence-electron chi connectivity index (χ1n) is 6.11. The molecule has 0 atom stereocenters. The Bertz CT molecular complexity index is 173. The molecule has 0 heterocycles. The van der Waals surface area contributed by atoms with E-state index in [2.05, 4.69) is 13.0 Å². The molecule has 0 unspecified atom stereocenters. The molecule has 88 valence electrons. The van der Waals surface area contributed by atoms with E-state index >= 15 is 0 Å². The average Bonchev–Trinajstić information content (AvgIpc) is 2.22. The topological polar surface area (TPSA) is 26.3 Å². The molecule has 0 aromatic carbocycles. The summed E-state index contributed by atoms with van der Waals surface area (Å²) in [6.07, 6.45) is 11.7. The molecule has 0 N–H and O–H groups in total. The summed E-state index contributed by atoms with van der Waals surface area (Å²) >= 11 is 0. The Hall–Kier alpha value is -0.790. The summed E-state index contributed by atoms with van der Waals surface area (Å²) in [5.74, 6) is -0.0897. The summed E-state index contributed by atoms with van der Waals surface area (Å²) in [7, 11) is 0. The molecule has 0 rings (SSSR count). The van der Waals surface area contributed by atoms with E-state index in [1.165, 1.54) is 25.7 Å². The van der Waals surface area contributed by atoms with Crippen LogP contribution in [0.1, 0.15) is 58.8 Å². The van der Waals surface area contributed by atoms with E-state index in [-0.39, 0.29) is 5.97 Å². The lowest BCUT2D eigenvalue weighted by Gasteiger charge is -1.99. The van der Waals surface area contributed by atoms with Gasteiger partial charge < -0.3 is 4.74 Å². The van der Waals surface area contributed by atoms with Crippen molar-refractivity contribution in [2.24, 2.45) is 0 Å². The fourth-order valence-electron chi connectivity index (χ4n) is 1.29. The van der Waals surface area contributed by atoms with Gasteiger partial charge in [-0.25, -0.2) is 0 Å². The highest BCUT2D eigenvalue weighted by molar-refractivity contribution is 5.69. The fraction of sp³-hybridized carbons (Fsp3) is 0.769. The van der Waals surface area contributed by atoms with E-state index in [9.17, 15) is 4.79 Å². The summed E-state index contributed by atoms with van der Waals surface area (Å²) in [5.41, 5.74) is 0. The summed E-state index contributed by atoms with van der Waals surface area (Å²) in [4.78, 5) is 11.0. The SMILES string of the molecule is CCCCCC/C=C/COC(=O)CCC. The van der Waals surface area contributed by atoms with Gasteiger partial charge in [0.25, 0.3) is 0 Å². The molecule has 0 amide bonds. The number of hydrogen-bond donors (Lipinski definition) is 0. The lowest BCUT2D eigenvalue weighted by molar-refractivity contribution is -0.142. The molecule has 0 fully saturated rings. The molecule has 15 heavy (non-hydrogen) atoms. The molecule has 0 aliphatic rings. The van der Waals surface area contributed by atoms with Crippen LogP contribution < -0.4 is 0 Å². The Labute approximate surface area is 93.7 Å². The van der Waals surface area contributed by atoms with Gasteiger partial charge in [-0.3, -0.25) is 4.79 Å². The highest BCUT2D eigenvalue weighted by Gasteiger charge is 1.96. The first-order chi connectivity index (χ1) is 7.31. The third-order valence-corrected chi connectivity index (χ3v) is 2.19. The number of unbranched alkanes of at least 4 members (excludes halogenated alkanes) is 4. The third-order valence-electron chi connectivity index (χ3n) is 2.19. The molecule has 0 aromatic heterocycles. The zero-order valence-electron chi connectivity index (χ0n) is 10.1. The molecule has 0 saturated carbocycles. The normalized spacial score (nSPS) is 10.8. The molecule has 0 aliphatic heterocycles. The summed E-state index contributed by atoms with van der Waals surface area (Å²) in [6, 6.07) is 0. The van der Waals surface area contributed by atoms with Crippen LogP contribution in [-0.2, 0) is 9.53 Å². The summed E-state index contributed by atoms with van der Waals surface area (Å²) in [6.45, 7) is 4.63. The lowest BCUT2D eigenvalue weighted by Crippen LogP contribution is -2.02. The number of rotatable bonds is 9. The van der Waals surface area contributed by atoms with Crippen molar-refractivity contribution in [3.8, 4) is 0 Å². The van der Waals surface area contributed by atoms with E-state index in [1.54, 1.807) is 0 Å². The Morgan fingerprint density at radius 1 is 1.07 bits per heavy atom. The first kappa shape index (κ1) is 14.2. The van der Waals surface area contributed by atoms with Crippen molar-refractivity contribution in [2.45, 2.75) is 58.8 Å². The minimum Gasteiger partial charge on any atom is -0.461 e. The molecule has 0 saturated heterocycles. The molecule has 2 nitrogen and oxygen atoms in total. The number of esters is 1. The largest absolute Gasteiger partial charge is 0.461 e. The Morgan fingerprint density at radius 2 is 1.87 bits per heavy atom. The second-order valence-electron chi connectivity index (χ2n) is 3.75. The van der Waals surface area contributed by atoms with E-state index < -0.39 is 0 Å². The van der Waals surface area contributed by atoms with Crippen LogP contribution in [0.3, 0.4) is 0 Å². The smallest absolute Gasteiger partial charge is 0.306 e. The molecular weight excluding hydrogens is 188 g/mol. The van der Waals surface area contributed by atoms with E-state index in [4.69, 9.17) is 4.74 Å². The molecule has 0 aliphatic carbocycles. The number of carbonyl (C=O) groups excluding carboxylic acids is 1. The van der Waals surface area contributed by atoms with Crippen LogP contribution in [-0.4, -0.2) is 12.6 Å². The van der Waals surface area contributed by atoms with Gasteiger partial charge in [0, 0.05) is 6.42 Å². The molecule has 2 heteroatoms. The van der Waals surface area contributed by atoms with Crippen molar-refractivity contribution in [2.75, 3.05) is 6.61 Å².